The van der Waals surface area contributed by atoms with Crippen molar-refractivity contribution in [3.05, 3.63) is 29.5 Å². The molecule has 8 heteroatoms. The van der Waals surface area contributed by atoms with Gasteiger partial charge < -0.3 is 10.5 Å². The smallest absolute Gasteiger partial charge is 0.271 e. The van der Waals surface area contributed by atoms with E-state index < -0.39 is 17.5 Å². The summed E-state index contributed by atoms with van der Waals surface area (Å²) in [6, 6.07) is 1.64. The molecule has 0 fully saturated rings. The molecular formula is C10H8F2N4O2. The number of nitrogens with two attached hydrogens (primary N) is 1. The molecule has 94 valence electrons. The maximum Gasteiger partial charge on any atom is 0.271 e. The third-order valence-electron chi connectivity index (χ3n) is 2.25. The highest BCUT2D eigenvalue weighted by molar-refractivity contribution is 5.97. The van der Waals surface area contributed by atoms with E-state index in [9.17, 15) is 13.6 Å². The Morgan fingerprint density at radius 3 is 2.72 bits per heavy atom. The molecule has 1 aromatic carbocycles. The summed E-state index contributed by atoms with van der Waals surface area (Å²) in [5, 5.41) is 9.33. The molecule has 0 radical (unpaired) electrons. The van der Waals surface area contributed by atoms with Gasteiger partial charge in [-0.25, -0.2) is 8.78 Å². The molecule has 2 rings (SSSR count). The van der Waals surface area contributed by atoms with Crippen LogP contribution in [0.15, 0.2) is 12.1 Å². The van der Waals surface area contributed by atoms with Crippen molar-refractivity contribution in [1.29, 1.82) is 0 Å². The first-order valence-electron chi connectivity index (χ1n) is 4.78. The number of aromatic amines is 1. The number of primary amides is 1. The van der Waals surface area contributed by atoms with Gasteiger partial charge in [-0.3, -0.25) is 4.79 Å². The summed E-state index contributed by atoms with van der Waals surface area (Å²) >= 11 is 0. The highest BCUT2D eigenvalue weighted by Gasteiger charge is 2.21. The number of rotatable bonds is 3. The SMILES string of the molecule is COc1c(F)cc(F)cc1-c1n[nH]nc1C(N)=O. The normalized spacial score (nSPS) is 10.4. The van der Waals surface area contributed by atoms with Crippen LogP contribution in [0.2, 0.25) is 0 Å². The van der Waals surface area contributed by atoms with Crippen molar-refractivity contribution < 1.29 is 18.3 Å². The van der Waals surface area contributed by atoms with Crippen LogP contribution in [-0.2, 0) is 0 Å². The fourth-order valence-electron chi connectivity index (χ4n) is 1.53. The van der Waals surface area contributed by atoms with Crippen LogP contribution in [0.4, 0.5) is 8.78 Å². The number of hydrogen-bond acceptors (Lipinski definition) is 4. The average Bonchev–Trinajstić information content (AvgIpc) is 2.76. The second-order valence-electron chi connectivity index (χ2n) is 3.35. The molecule has 6 nitrogen and oxygen atoms in total. The molecule has 0 unspecified atom stereocenters. The van der Waals surface area contributed by atoms with E-state index in [0.29, 0.717) is 6.07 Å². The molecule has 1 heterocycles. The van der Waals surface area contributed by atoms with Gasteiger partial charge in [0.05, 0.1) is 12.7 Å². The maximum atomic E-state index is 13.5. The van der Waals surface area contributed by atoms with E-state index in [0.717, 1.165) is 6.07 Å². The Hall–Kier alpha value is -2.51. The van der Waals surface area contributed by atoms with Crippen LogP contribution >= 0.6 is 0 Å². The quantitative estimate of drug-likeness (QED) is 0.849. The Kier molecular flexibility index (Phi) is 2.92. The number of hydrogen-bond donors (Lipinski definition) is 2. The Morgan fingerprint density at radius 1 is 1.39 bits per heavy atom. The summed E-state index contributed by atoms with van der Waals surface area (Å²) in [4.78, 5) is 11.1. The summed E-state index contributed by atoms with van der Waals surface area (Å²) in [5.74, 6) is -2.86. The third kappa shape index (κ3) is 1.88. The van der Waals surface area contributed by atoms with Crippen molar-refractivity contribution in [3.8, 4) is 17.0 Å². The van der Waals surface area contributed by atoms with Crippen molar-refractivity contribution in [2.24, 2.45) is 5.73 Å². The number of carbonyl (C=O) groups excluding carboxylic acids is 1. The second kappa shape index (κ2) is 4.40. The lowest BCUT2D eigenvalue weighted by Gasteiger charge is -2.08. The molecule has 1 amide bonds. The molecular weight excluding hydrogens is 246 g/mol. The minimum Gasteiger partial charge on any atom is -0.493 e. The number of aromatic nitrogens is 3. The summed E-state index contributed by atoms with van der Waals surface area (Å²) < 4.78 is 31.5. The number of methoxy groups -OCH3 is 1. The van der Waals surface area contributed by atoms with Gasteiger partial charge in [0.2, 0.25) is 0 Å². The first-order chi connectivity index (χ1) is 8.54. The zero-order valence-corrected chi connectivity index (χ0v) is 9.20. The predicted molar refractivity (Wildman–Crippen MR) is 56.8 cm³/mol. The zero-order valence-electron chi connectivity index (χ0n) is 9.20. The number of nitrogens with one attached hydrogen (secondary N) is 1. The number of benzene rings is 1. The number of ether oxygens (including phenoxy) is 1. The summed E-state index contributed by atoms with van der Waals surface area (Å²) in [5.41, 5.74) is 4.73. The molecule has 0 aliphatic rings. The van der Waals surface area contributed by atoms with Gasteiger partial charge in [0.1, 0.15) is 11.5 Å². The zero-order chi connectivity index (χ0) is 13.3. The van der Waals surface area contributed by atoms with E-state index in [1.54, 1.807) is 0 Å². The van der Waals surface area contributed by atoms with Crippen LogP contribution in [0.5, 0.6) is 5.75 Å². The van der Waals surface area contributed by atoms with Gasteiger partial charge in [0.25, 0.3) is 5.91 Å². The van der Waals surface area contributed by atoms with Gasteiger partial charge in [-0.1, -0.05) is 0 Å². The van der Waals surface area contributed by atoms with Gasteiger partial charge in [-0.2, -0.15) is 15.4 Å². The first kappa shape index (κ1) is 12.0. The molecule has 0 saturated heterocycles. The van der Waals surface area contributed by atoms with Crippen LogP contribution in [0.3, 0.4) is 0 Å². The molecule has 0 aliphatic heterocycles. The lowest BCUT2D eigenvalue weighted by atomic mass is 10.1. The topological polar surface area (TPSA) is 93.9 Å². The van der Waals surface area contributed by atoms with Crippen LogP contribution in [-0.4, -0.2) is 28.4 Å². The Balaban J connectivity index is 2.70. The molecule has 0 spiro atoms. The van der Waals surface area contributed by atoms with Gasteiger partial charge in [-0.05, 0) is 6.07 Å². The minimum absolute atomic E-state index is 0.0439. The highest BCUT2D eigenvalue weighted by atomic mass is 19.1. The lowest BCUT2D eigenvalue weighted by molar-refractivity contribution is 0.0996. The van der Waals surface area contributed by atoms with Gasteiger partial charge >= 0.3 is 0 Å². The van der Waals surface area contributed by atoms with E-state index in [1.807, 2.05) is 0 Å². The number of amides is 1. The standard InChI is InChI=1S/C10H8F2N4O2/c1-18-9-5(2-4(11)3-6(9)12)7-8(10(13)17)15-16-14-7/h2-3H,1H3,(H2,13,17)(H,14,15,16). The van der Waals surface area contributed by atoms with Crippen molar-refractivity contribution in [2.45, 2.75) is 0 Å². The molecule has 0 bridgehead atoms. The second-order valence-corrected chi connectivity index (χ2v) is 3.35. The fourth-order valence-corrected chi connectivity index (χ4v) is 1.53. The Morgan fingerprint density at radius 2 is 2.11 bits per heavy atom. The molecule has 0 aliphatic carbocycles. The molecule has 1 aromatic heterocycles. The van der Waals surface area contributed by atoms with Crippen LogP contribution in [0, 0.1) is 11.6 Å². The third-order valence-corrected chi connectivity index (χ3v) is 2.25. The van der Waals surface area contributed by atoms with Gasteiger partial charge in [0, 0.05) is 6.07 Å². The molecule has 0 saturated carbocycles. The number of halogens is 2. The van der Waals surface area contributed by atoms with E-state index in [4.69, 9.17) is 10.5 Å². The predicted octanol–water partition coefficient (Wildman–Crippen LogP) is 0.857. The average molecular weight is 254 g/mol. The van der Waals surface area contributed by atoms with Crippen LogP contribution in [0.1, 0.15) is 10.5 Å². The number of nitrogens with zero attached hydrogens (tertiary/aromatic N) is 2. The minimum atomic E-state index is -0.911. The largest absolute Gasteiger partial charge is 0.493 e. The monoisotopic (exact) mass is 254 g/mol. The summed E-state index contributed by atoms with van der Waals surface area (Å²) in [6.07, 6.45) is 0. The van der Waals surface area contributed by atoms with Crippen molar-refractivity contribution in [1.82, 2.24) is 15.4 Å². The van der Waals surface area contributed by atoms with Crippen molar-refractivity contribution in [3.63, 3.8) is 0 Å². The van der Waals surface area contributed by atoms with Gasteiger partial charge in [0.15, 0.2) is 17.3 Å². The Bertz CT molecular complexity index is 612. The molecule has 3 N–H and O–H groups in total. The van der Waals surface area contributed by atoms with E-state index in [1.165, 1.54) is 7.11 Å². The summed E-state index contributed by atoms with van der Waals surface area (Å²) in [6.45, 7) is 0. The highest BCUT2D eigenvalue weighted by Crippen LogP contribution is 2.33. The van der Waals surface area contributed by atoms with E-state index in [2.05, 4.69) is 15.4 Å². The van der Waals surface area contributed by atoms with E-state index >= 15 is 0 Å². The van der Waals surface area contributed by atoms with Gasteiger partial charge in [-0.15, -0.1) is 0 Å². The Labute approximate surface area is 99.7 Å². The maximum absolute atomic E-state index is 13.5. The number of carbonyl (C=O) groups is 1. The summed E-state index contributed by atoms with van der Waals surface area (Å²) in [7, 11) is 1.21. The van der Waals surface area contributed by atoms with Crippen molar-refractivity contribution >= 4 is 5.91 Å². The fraction of sp³-hybridized carbons (Fsp3) is 0.100. The molecule has 2 aromatic rings. The molecule has 18 heavy (non-hydrogen) atoms. The van der Waals surface area contributed by atoms with Crippen LogP contribution < -0.4 is 10.5 Å². The van der Waals surface area contributed by atoms with E-state index in [-0.39, 0.29) is 22.7 Å². The molecule has 0 atom stereocenters. The van der Waals surface area contributed by atoms with Crippen molar-refractivity contribution in [2.75, 3.05) is 7.11 Å². The van der Waals surface area contributed by atoms with Crippen LogP contribution in [0.25, 0.3) is 11.3 Å². The lowest BCUT2D eigenvalue weighted by Crippen LogP contribution is -2.13. The first-order valence-corrected chi connectivity index (χ1v) is 4.78. The number of H-pyrrole nitrogens is 1.